The van der Waals surface area contributed by atoms with Crippen molar-refractivity contribution in [2.45, 2.75) is 31.0 Å². The highest BCUT2D eigenvalue weighted by atomic mass is 19.4. The topological polar surface area (TPSA) is 73.6 Å². The molecule has 1 heterocycles. The van der Waals surface area contributed by atoms with Crippen LogP contribution in [-0.2, 0) is 9.53 Å². The van der Waals surface area contributed by atoms with Crippen LogP contribution in [0.2, 0.25) is 0 Å². The van der Waals surface area contributed by atoms with Crippen molar-refractivity contribution in [3.8, 4) is 6.07 Å². The van der Waals surface area contributed by atoms with Gasteiger partial charge in [-0.05, 0) is 12.8 Å². The Balaban J connectivity index is 3.07. The molecular weight excluding hydrogens is 277 g/mol. The quantitative estimate of drug-likeness (QED) is 0.625. The Morgan fingerprint density at radius 2 is 2.00 bits per heavy atom. The third-order valence-corrected chi connectivity index (χ3v) is 3.17. The summed E-state index contributed by atoms with van der Waals surface area (Å²) < 4.78 is 42.9. The monoisotopic (exact) mass is 292 g/mol. The van der Waals surface area contributed by atoms with Crippen molar-refractivity contribution in [3.63, 3.8) is 0 Å². The van der Waals surface area contributed by atoms with E-state index in [9.17, 15) is 23.1 Å². The van der Waals surface area contributed by atoms with Crippen LogP contribution in [-0.4, -0.2) is 48.0 Å². The molecule has 0 bridgehead atoms. The number of likely N-dealkylation sites (tertiary alicyclic amines) is 1. The highest BCUT2D eigenvalue weighted by Gasteiger charge is 2.61. The standard InChI is InChI=1S/C12H15F3N2O3/c1-20-10(18)11(19,12(13,14)15)8-9(4-5-16)17-6-2-3-7-17/h4,19H,2-3,6-8H2,1H3/b9-4-/t11-/m1/s1. The largest absolute Gasteiger partial charge is 0.467 e. The number of rotatable bonds is 4. The first-order chi connectivity index (χ1) is 9.26. The number of halogens is 3. The Morgan fingerprint density at radius 1 is 1.45 bits per heavy atom. The maximum absolute atomic E-state index is 12.9. The van der Waals surface area contributed by atoms with E-state index < -0.39 is 24.2 Å². The van der Waals surface area contributed by atoms with Crippen molar-refractivity contribution in [3.05, 3.63) is 11.8 Å². The molecule has 0 aromatic carbocycles. The van der Waals surface area contributed by atoms with Crippen LogP contribution < -0.4 is 0 Å². The molecular formula is C12H15F3N2O3. The zero-order valence-electron chi connectivity index (χ0n) is 10.9. The summed E-state index contributed by atoms with van der Waals surface area (Å²) in [6.07, 6.45) is -3.73. The molecule has 0 aliphatic carbocycles. The van der Waals surface area contributed by atoms with E-state index in [1.54, 1.807) is 11.0 Å². The minimum Gasteiger partial charge on any atom is -0.467 e. The first kappa shape index (κ1) is 16.3. The van der Waals surface area contributed by atoms with Gasteiger partial charge in [-0.15, -0.1) is 0 Å². The number of nitriles is 1. The van der Waals surface area contributed by atoms with Crippen LogP contribution in [0.5, 0.6) is 0 Å². The van der Waals surface area contributed by atoms with E-state index in [0.29, 0.717) is 13.1 Å². The SMILES string of the molecule is COC(=O)[C@](O)(C/C(=C/C#N)N1CCCC1)C(F)(F)F. The van der Waals surface area contributed by atoms with Crippen molar-refractivity contribution in [2.24, 2.45) is 0 Å². The van der Waals surface area contributed by atoms with E-state index in [1.807, 2.05) is 0 Å². The minimum absolute atomic E-state index is 0.0183. The summed E-state index contributed by atoms with van der Waals surface area (Å²) in [6.45, 7) is 0.977. The van der Waals surface area contributed by atoms with Gasteiger partial charge in [-0.3, -0.25) is 0 Å². The molecule has 0 saturated carbocycles. The Hall–Kier alpha value is -1.75. The predicted molar refractivity (Wildman–Crippen MR) is 62.1 cm³/mol. The van der Waals surface area contributed by atoms with Crippen LogP contribution in [0, 0.1) is 11.3 Å². The number of methoxy groups -OCH3 is 1. The van der Waals surface area contributed by atoms with Gasteiger partial charge in [-0.25, -0.2) is 4.79 Å². The molecule has 8 heteroatoms. The van der Waals surface area contributed by atoms with Gasteiger partial charge in [0.1, 0.15) is 0 Å². The van der Waals surface area contributed by atoms with Crippen molar-refractivity contribution < 1.29 is 27.8 Å². The van der Waals surface area contributed by atoms with Gasteiger partial charge in [0.15, 0.2) is 0 Å². The van der Waals surface area contributed by atoms with E-state index in [2.05, 4.69) is 4.74 Å². The second-order valence-corrected chi connectivity index (χ2v) is 4.49. The number of esters is 1. The van der Waals surface area contributed by atoms with Gasteiger partial charge in [0.25, 0.3) is 5.60 Å². The molecule has 1 aliphatic rings. The number of hydrogen-bond donors (Lipinski definition) is 1. The molecule has 0 unspecified atom stereocenters. The van der Waals surface area contributed by atoms with Crippen molar-refractivity contribution in [2.75, 3.05) is 20.2 Å². The average molecular weight is 292 g/mol. The Labute approximate surface area is 114 Å². The van der Waals surface area contributed by atoms with Gasteiger partial charge in [-0.2, -0.15) is 18.4 Å². The molecule has 1 N–H and O–H groups in total. The lowest BCUT2D eigenvalue weighted by Crippen LogP contribution is -2.53. The Morgan fingerprint density at radius 3 is 2.40 bits per heavy atom. The molecule has 1 aliphatic heterocycles. The van der Waals surface area contributed by atoms with Crippen LogP contribution in [0.3, 0.4) is 0 Å². The highest BCUT2D eigenvalue weighted by Crippen LogP contribution is 2.37. The van der Waals surface area contributed by atoms with Crippen LogP contribution in [0.15, 0.2) is 11.8 Å². The summed E-state index contributed by atoms with van der Waals surface area (Å²) in [4.78, 5) is 12.9. The molecule has 1 saturated heterocycles. The zero-order chi connectivity index (χ0) is 15.4. The fraction of sp³-hybridized carbons (Fsp3) is 0.667. The van der Waals surface area contributed by atoms with Gasteiger partial charge < -0.3 is 14.7 Å². The molecule has 1 fully saturated rings. The number of carbonyl (C=O) groups excluding carboxylic acids is 1. The summed E-state index contributed by atoms with van der Waals surface area (Å²) in [7, 11) is 0.766. The highest BCUT2D eigenvalue weighted by molar-refractivity contribution is 5.80. The summed E-state index contributed by atoms with van der Waals surface area (Å²) in [5.74, 6) is -1.78. The molecule has 0 amide bonds. The normalized spacial score (nSPS) is 19.4. The number of nitrogens with zero attached hydrogens (tertiary/aromatic N) is 2. The Kier molecular flexibility index (Phi) is 5.00. The number of ether oxygens (including phenoxy) is 1. The maximum Gasteiger partial charge on any atom is 0.428 e. The van der Waals surface area contributed by atoms with Crippen molar-refractivity contribution in [1.29, 1.82) is 5.26 Å². The van der Waals surface area contributed by atoms with Gasteiger partial charge in [0, 0.05) is 31.3 Å². The average Bonchev–Trinajstić information content (AvgIpc) is 2.89. The maximum atomic E-state index is 12.9. The fourth-order valence-electron chi connectivity index (χ4n) is 2.05. The van der Waals surface area contributed by atoms with Gasteiger partial charge in [0.05, 0.1) is 13.2 Å². The number of alkyl halides is 3. The lowest BCUT2D eigenvalue weighted by Gasteiger charge is -2.31. The van der Waals surface area contributed by atoms with E-state index in [4.69, 9.17) is 5.26 Å². The molecule has 20 heavy (non-hydrogen) atoms. The summed E-state index contributed by atoms with van der Waals surface area (Å²) in [6, 6.07) is 1.64. The lowest BCUT2D eigenvalue weighted by atomic mass is 9.96. The second kappa shape index (κ2) is 6.13. The molecule has 0 spiro atoms. The first-order valence-electron chi connectivity index (χ1n) is 5.97. The van der Waals surface area contributed by atoms with Crippen LogP contribution in [0.1, 0.15) is 19.3 Å². The first-order valence-corrected chi connectivity index (χ1v) is 5.97. The van der Waals surface area contributed by atoms with Crippen LogP contribution >= 0.6 is 0 Å². The number of carbonyl (C=O) groups is 1. The fourth-order valence-corrected chi connectivity index (χ4v) is 2.05. The zero-order valence-corrected chi connectivity index (χ0v) is 10.9. The molecule has 112 valence electrons. The third kappa shape index (κ3) is 3.22. The number of hydrogen-bond acceptors (Lipinski definition) is 5. The smallest absolute Gasteiger partial charge is 0.428 e. The molecule has 0 aromatic rings. The summed E-state index contributed by atoms with van der Waals surface area (Å²) in [5, 5.41) is 18.4. The molecule has 1 atom stereocenters. The van der Waals surface area contributed by atoms with E-state index in [0.717, 1.165) is 26.0 Å². The van der Waals surface area contributed by atoms with Gasteiger partial charge in [-0.1, -0.05) is 0 Å². The summed E-state index contributed by atoms with van der Waals surface area (Å²) >= 11 is 0. The Bertz CT molecular complexity index is 436. The minimum atomic E-state index is -5.19. The molecule has 0 radical (unpaired) electrons. The van der Waals surface area contributed by atoms with E-state index >= 15 is 0 Å². The summed E-state index contributed by atoms with van der Waals surface area (Å²) in [5.41, 5.74) is -3.66. The van der Waals surface area contributed by atoms with Gasteiger partial charge in [0.2, 0.25) is 0 Å². The van der Waals surface area contributed by atoms with E-state index in [1.165, 1.54) is 0 Å². The molecule has 1 rings (SSSR count). The van der Waals surface area contributed by atoms with Crippen molar-refractivity contribution >= 4 is 5.97 Å². The number of allylic oxidation sites excluding steroid dienone is 1. The molecule has 0 aromatic heterocycles. The van der Waals surface area contributed by atoms with Crippen LogP contribution in [0.25, 0.3) is 0 Å². The second-order valence-electron chi connectivity index (χ2n) is 4.49. The predicted octanol–water partition coefficient (Wildman–Crippen LogP) is 1.35. The third-order valence-electron chi connectivity index (χ3n) is 3.17. The molecule has 5 nitrogen and oxygen atoms in total. The lowest BCUT2D eigenvalue weighted by molar-refractivity contribution is -0.261. The number of aliphatic hydroxyl groups is 1. The van der Waals surface area contributed by atoms with E-state index in [-0.39, 0.29) is 5.70 Å². The van der Waals surface area contributed by atoms with Crippen LogP contribution in [0.4, 0.5) is 13.2 Å². The van der Waals surface area contributed by atoms with Gasteiger partial charge >= 0.3 is 12.1 Å². The van der Waals surface area contributed by atoms with Crippen molar-refractivity contribution in [1.82, 2.24) is 4.90 Å².